The molecule has 0 bridgehead atoms. The lowest BCUT2D eigenvalue weighted by Crippen LogP contribution is -2.16. The molecule has 0 aliphatic rings. The van der Waals surface area contributed by atoms with Crippen LogP contribution in [0.15, 0.2) is 36.7 Å². The summed E-state index contributed by atoms with van der Waals surface area (Å²) >= 11 is 0. The Kier molecular flexibility index (Phi) is 4.21. The van der Waals surface area contributed by atoms with Crippen LogP contribution in [0.4, 0.5) is 4.39 Å². The quantitative estimate of drug-likeness (QED) is 0.928. The first kappa shape index (κ1) is 14.3. The molecule has 0 aliphatic heterocycles. The predicted octanol–water partition coefficient (Wildman–Crippen LogP) is 3.20. The van der Waals surface area contributed by atoms with Gasteiger partial charge in [0.2, 0.25) is 0 Å². The molecule has 0 aliphatic carbocycles. The van der Waals surface area contributed by atoms with E-state index in [1.807, 2.05) is 29.1 Å². The lowest BCUT2D eigenvalue weighted by molar-refractivity contribution is 0.513. The zero-order valence-corrected chi connectivity index (χ0v) is 11.7. The first-order chi connectivity index (χ1) is 9.52. The van der Waals surface area contributed by atoms with Gasteiger partial charge in [-0.3, -0.25) is 0 Å². The minimum atomic E-state index is -0.446. The van der Waals surface area contributed by atoms with E-state index in [2.05, 4.69) is 13.8 Å². The lowest BCUT2D eigenvalue weighted by atomic mass is 10.00. The van der Waals surface area contributed by atoms with Gasteiger partial charge >= 0.3 is 0 Å². The van der Waals surface area contributed by atoms with Crippen LogP contribution in [0, 0.1) is 23.1 Å². The van der Waals surface area contributed by atoms with E-state index in [1.54, 1.807) is 12.1 Å². The van der Waals surface area contributed by atoms with Gasteiger partial charge in [0.15, 0.2) is 0 Å². The van der Waals surface area contributed by atoms with Gasteiger partial charge in [0.25, 0.3) is 0 Å². The van der Waals surface area contributed by atoms with Crippen LogP contribution in [0.5, 0.6) is 0 Å². The van der Waals surface area contributed by atoms with E-state index in [4.69, 9.17) is 11.0 Å². The van der Waals surface area contributed by atoms with Crippen LogP contribution in [0.2, 0.25) is 0 Å². The molecule has 1 unspecified atom stereocenters. The average molecular weight is 271 g/mol. The van der Waals surface area contributed by atoms with E-state index in [9.17, 15) is 4.39 Å². The summed E-state index contributed by atoms with van der Waals surface area (Å²) in [6, 6.07) is 8.66. The number of rotatable bonds is 4. The molecule has 0 fully saturated rings. The SMILES string of the molecule is CC(C)C(N)c1ccn(Cc2cccc(C#N)c2F)c1. The molecule has 2 aromatic rings. The molecule has 3 nitrogen and oxygen atoms in total. The van der Waals surface area contributed by atoms with Gasteiger partial charge in [-0.1, -0.05) is 26.0 Å². The van der Waals surface area contributed by atoms with Gasteiger partial charge in [-0.2, -0.15) is 5.26 Å². The highest BCUT2D eigenvalue weighted by Crippen LogP contribution is 2.20. The van der Waals surface area contributed by atoms with Crippen LogP contribution in [0.1, 0.15) is 36.6 Å². The van der Waals surface area contributed by atoms with E-state index in [0.717, 1.165) is 5.56 Å². The number of halogens is 1. The van der Waals surface area contributed by atoms with Crippen LogP contribution < -0.4 is 5.73 Å². The molecule has 1 aromatic carbocycles. The molecule has 1 atom stereocenters. The third kappa shape index (κ3) is 2.89. The number of hydrogen-bond acceptors (Lipinski definition) is 2. The van der Waals surface area contributed by atoms with Crippen molar-refractivity contribution in [3.05, 3.63) is 59.2 Å². The Bertz CT molecular complexity index is 637. The second-order valence-corrected chi connectivity index (χ2v) is 5.28. The maximum absolute atomic E-state index is 14.0. The Morgan fingerprint density at radius 2 is 2.10 bits per heavy atom. The van der Waals surface area contributed by atoms with E-state index in [0.29, 0.717) is 18.0 Å². The van der Waals surface area contributed by atoms with Crippen LogP contribution in [0.25, 0.3) is 0 Å². The van der Waals surface area contributed by atoms with Crippen molar-refractivity contribution in [3.63, 3.8) is 0 Å². The molecule has 20 heavy (non-hydrogen) atoms. The zero-order chi connectivity index (χ0) is 14.7. The highest BCUT2D eigenvalue weighted by atomic mass is 19.1. The lowest BCUT2D eigenvalue weighted by Gasteiger charge is -2.13. The molecular formula is C16H18FN3. The topological polar surface area (TPSA) is 54.7 Å². The summed E-state index contributed by atoms with van der Waals surface area (Å²) < 4.78 is 15.9. The smallest absolute Gasteiger partial charge is 0.145 e. The highest BCUT2D eigenvalue weighted by molar-refractivity contribution is 5.35. The van der Waals surface area contributed by atoms with E-state index in [-0.39, 0.29) is 11.6 Å². The molecule has 1 aromatic heterocycles. The van der Waals surface area contributed by atoms with Gasteiger partial charge in [0.1, 0.15) is 11.9 Å². The summed E-state index contributed by atoms with van der Waals surface area (Å²) in [7, 11) is 0. The molecule has 104 valence electrons. The first-order valence-electron chi connectivity index (χ1n) is 6.61. The minimum Gasteiger partial charge on any atom is -0.349 e. The fourth-order valence-electron chi connectivity index (χ4n) is 2.12. The van der Waals surface area contributed by atoms with Crippen molar-refractivity contribution in [2.45, 2.75) is 26.4 Å². The van der Waals surface area contributed by atoms with E-state index >= 15 is 0 Å². The summed E-state index contributed by atoms with van der Waals surface area (Å²) in [6.07, 6.45) is 3.82. The molecule has 0 saturated heterocycles. The maximum atomic E-state index is 14.0. The van der Waals surface area contributed by atoms with E-state index in [1.165, 1.54) is 6.07 Å². The van der Waals surface area contributed by atoms with Crippen molar-refractivity contribution in [3.8, 4) is 6.07 Å². The summed E-state index contributed by atoms with van der Waals surface area (Å²) in [6.45, 7) is 4.53. The minimum absolute atomic E-state index is 0.0217. The van der Waals surface area contributed by atoms with Crippen molar-refractivity contribution < 1.29 is 4.39 Å². The standard InChI is InChI=1S/C16H18FN3/c1-11(2)16(19)14-6-7-20(10-14)9-13-5-3-4-12(8-18)15(13)17/h3-7,10-11,16H,9,19H2,1-2H3. The third-order valence-electron chi connectivity index (χ3n) is 3.43. The summed E-state index contributed by atoms with van der Waals surface area (Å²) in [4.78, 5) is 0. The number of benzene rings is 1. The van der Waals surface area contributed by atoms with E-state index < -0.39 is 5.82 Å². The van der Waals surface area contributed by atoms with Crippen molar-refractivity contribution in [2.75, 3.05) is 0 Å². The van der Waals surface area contributed by atoms with Crippen LogP contribution >= 0.6 is 0 Å². The Hall–Kier alpha value is -2.12. The van der Waals surface area contributed by atoms with Gasteiger partial charge in [0.05, 0.1) is 5.56 Å². The highest BCUT2D eigenvalue weighted by Gasteiger charge is 2.13. The second kappa shape index (κ2) is 5.89. The van der Waals surface area contributed by atoms with Crippen molar-refractivity contribution >= 4 is 0 Å². The molecule has 4 heteroatoms. The summed E-state index contributed by atoms with van der Waals surface area (Å²) in [5.74, 6) is -0.0945. The number of nitrogens with zero attached hydrogens (tertiary/aromatic N) is 2. The normalized spacial score (nSPS) is 12.4. The number of aromatic nitrogens is 1. The molecule has 0 spiro atoms. The van der Waals surface area contributed by atoms with Crippen molar-refractivity contribution in [1.29, 1.82) is 5.26 Å². The molecule has 0 saturated carbocycles. The fraction of sp³-hybridized carbons (Fsp3) is 0.312. The Morgan fingerprint density at radius 3 is 2.75 bits per heavy atom. The number of nitrogens with two attached hydrogens (primary N) is 1. The fourth-order valence-corrected chi connectivity index (χ4v) is 2.12. The predicted molar refractivity (Wildman–Crippen MR) is 76.4 cm³/mol. The Labute approximate surface area is 118 Å². The Morgan fingerprint density at radius 1 is 1.35 bits per heavy atom. The second-order valence-electron chi connectivity index (χ2n) is 5.28. The third-order valence-corrected chi connectivity index (χ3v) is 3.43. The number of hydrogen-bond donors (Lipinski definition) is 1. The van der Waals surface area contributed by atoms with Gasteiger partial charge in [-0.25, -0.2) is 4.39 Å². The monoisotopic (exact) mass is 271 g/mol. The Balaban J connectivity index is 2.22. The number of nitriles is 1. The van der Waals surface area contributed by atoms with Crippen LogP contribution in [-0.2, 0) is 6.54 Å². The van der Waals surface area contributed by atoms with Gasteiger partial charge in [-0.05, 0) is 23.6 Å². The van der Waals surface area contributed by atoms with Crippen LogP contribution in [-0.4, -0.2) is 4.57 Å². The van der Waals surface area contributed by atoms with Crippen molar-refractivity contribution in [2.24, 2.45) is 11.7 Å². The first-order valence-corrected chi connectivity index (χ1v) is 6.61. The van der Waals surface area contributed by atoms with Gasteiger partial charge in [-0.15, -0.1) is 0 Å². The zero-order valence-electron chi connectivity index (χ0n) is 11.7. The summed E-state index contributed by atoms with van der Waals surface area (Å²) in [5, 5.41) is 8.83. The average Bonchev–Trinajstić information content (AvgIpc) is 2.88. The molecule has 1 heterocycles. The maximum Gasteiger partial charge on any atom is 0.145 e. The molecule has 0 amide bonds. The summed E-state index contributed by atoms with van der Waals surface area (Å²) in [5.41, 5.74) is 7.71. The molecule has 0 radical (unpaired) electrons. The van der Waals surface area contributed by atoms with Gasteiger partial charge in [0, 0.05) is 30.5 Å². The van der Waals surface area contributed by atoms with Crippen molar-refractivity contribution in [1.82, 2.24) is 4.57 Å². The van der Waals surface area contributed by atoms with Gasteiger partial charge < -0.3 is 10.3 Å². The molecular weight excluding hydrogens is 253 g/mol. The van der Waals surface area contributed by atoms with Crippen LogP contribution in [0.3, 0.4) is 0 Å². The molecule has 2 rings (SSSR count). The molecule has 2 N–H and O–H groups in total. The largest absolute Gasteiger partial charge is 0.349 e.